The summed E-state index contributed by atoms with van der Waals surface area (Å²) in [6, 6.07) is 21.2. The highest BCUT2D eigenvalue weighted by molar-refractivity contribution is 6.02. The van der Waals surface area contributed by atoms with Crippen LogP contribution < -0.4 is 10.2 Å². The summed E-state index contributed by atoms with van der Waals surface area (Å²) >= 11 is 0. The van der Waals surface area contributed by atoms with E-state index in [1.54, 1.807) is 18.2 Å². The van der Waals surface area contributed by atoms with Crippen molar-refractivity contribution in [2.24, 2.45) is 0 Å². The molecule has 0 spiro atoms. The Morgan fingerprint density at radius 2 is 1.66 bits per heavy atom. The van der Waals surface area contributed by atoms with Crippen LogP contribution in [0.25, 0.3) is 11.1 Å². The van der Waals surface area contributed by atoms with E-state index in [-0.39, 0.29) is 24.6 Å². The van der Waals surface area contributed by atoms with Crippen molar-refractivity contribution in [1.82, 2.24) is 5.32 Å². The molecule has 0 bridgehead atoms. The second-order valence-electron chi connectivity index (χ2n) is 8.51. The van der Waals surface area contributed by atoms with Gasteiger partial charge in [-0.3, -0.25) is 4.79 Å². The van der Waals surface area contributed by atoms with Crippen molar-refractivity contribution >= 4 is 23.7 Å². The largest absolute Gasteiger partial charge is 0.465 e. The van der Waals surface area contributed by atoms with Gasteiger partial charge in [-0.15, -0.1) is 0 Å². The number of nitrogens with zero attached hydrogens (tertiary/aromatic N) is 1. The lowest BCUT2D eigenvalue weighted by Gasteiger charge is -2.18. The van der Waals surface area contributed by atoms with Crippen molar-refractivity contribution in [2.45, 2.75) is 18.1 Å². The first-order chi connectivity index (χ1) is 17.0. The molecule has 35 heavy (non-hydrogen) atoms. The zero-order valence-corrected chi connectivity index (χ0v) is 19.0. The number of methoxy groups -OCH3 is 1. The maximum atomic E-state index is 13.0. The zero-order chi connectivity index (χ0) is 24.5. The number of ether oxygens (including phenoxy) is 2. The van der Waals surface area contributed by atoms with Crippen molar-refractivity contribution in [3.8, 4) is 11.1 Å². The maximum Gasteiger partial charge on any atom is 0.407 e. The average molecular weight is 472 g/mol. The third-order valence-corrected chi connectivity index (χ3v) is 6.48. The third-order valence-electron chi connectivity index (χ3n) is 6.48. The van der Waals surface area contributed by atoms with Crippen LogP contribution in [0.15, 0.2) is 72.8 Å². The Morgan fingerprint density at radius 1 is 1.00 bits per heavy atom. The van der Waals surface area contributed by atoms with Crippen LogP contribution in [0.2, 0.25) is 0 Å². The van der Waals surface area contributed by atoms with Crippen LogP contribution in [0.1, 0.15) is 27.4 Å². The molecule has 2 atom stereocenters. The van der Waals surface area contributed by atoms with Crippen molar-refractivity contribution in [2.75, 3.05) is 25.2 Å². The zero-order valence-electron chi connectivity index (χ0n) is 19.0. The number of hydrogen-bond donors (Lipinski definition) is 2. The second kappa shape index (κ2) is 9.23. The summed E-state index contributed by atoms with van der Waals surface area (Å²) in [4.78, 5) is 38.7. The van der Waals surface area contributed by atoms with Crippen molar-refractivity contribution in [3.05, 3.63) is 89.5 Å². The van der Waals surface area contributed by atoms with E-state index in [9.17, 15) is 19.5 Å². The number of alkyl carbamates (subject to hydrolysis) is 1. The Bertz CT molecular complexity index is 1260. The minimum atomic E-state index is -1.16. The molecule has 8 nitrogen and oxygen atoms in total. The number of β-amino-alcohol motifs (C(OH)–C–C–N with tert-alkyl or cyclic N) is 1. The molecule has 2 N–H and O–H groups in total. The highest BCUT2D eigenvalue weighted by atomic mass is 16.5. The lowest BCUT2D eigenvalue weighted by Crippen LogP contribution is -2.46. The summed E-state index contributed by atoms with van der Waals surface area (Å²) < 4.78 is 10.2. The van der Waals surface area contributed by atoms with Crippen LogP contribution >= 0.6 is 0 Å². The molecule has 2 aliphatic rings. The summed E-state index contributed by atoms with van der Waals surface area (Å²) in [5, 5.41) is 13.0. The molecule has 1 saturated heterocycles. The Labute approximate surface area is 202 Å². The summed E-state index contributed by atoms with van der Waals surface area (Å²) in [5.74, 6) is -1.14. The molecule has 0 aromatic heterocycles. The fourth-order valence-electron chi connectivity index (χ4n) is 4.79. The molecular weight excluding hydrogens is 448 g/mol. The Kier molecular flexibility index (Phi) is 5.96. The van der Waals surface area contributed by atoms with E-state index in [0.717, 1.165) is 22.3 Å². The maximum absolute atomic E-state index is 13.0. The molecule has 0 radical (unpaired) electrons. The number of benzene rings is 3. The van der Waals surface area contributed by atoms with Gasteiger partial charge in [-0.25, -0.2) is 9.59 Å². The molecule has 5 rings (SSSR count). The monoisotopic (exact) mass is 472 g/mol. The number of rotatable bonds is 5. The number of fused-ring (bicyclic) bond motifs is 3. The van der Waals surface area contributed by atoms with Gasteiger partial charge >= 0.3 is 12.1 Å². The molecular formula is C27H24N2O6. The van der Waals surface area contributed by atoms with Gasteiger partial charge in [-0.05, 0) is 40.5 Å². The van der Waals surface area contributed by atoms with Crippen LogP contribution in [0.3, 0.4) is 0 Å². The molecule has 8 heteroatoms. The average Bonchev–Trinajstić information content (AvgIpc) is 3.36. The lowest BCUT2D eigenvalue weighted by atomic mass is 9.98. The topological polar surface area (TPSA) is 105 Å². The number of anilines is 1. The highest BCUT2D eigenvalue weighted by Crippen LogP contribution is 2.44. The van der Waals surface area contributed by atoms with Crippen molar-refractivity contribution in [1.29, 1.82) is 0 Å². The standard InChI is InChI=1S/C27H24N2O6/c1-34-26(32)16-7-6-8-17(13-16)29-14-23(30)24(25(29)31)28-27(33)35-15-22-20-11-4-2-9-18(20)19-10-3-5-12-21(19)22/h2-13,22-24,30H,14-15H2,1H3,(H,28,33)/t23-,24+/m1/s1. The second-order valence-corrected chi connectivity index (χ2v) is 8.51. The van der Waals surface area contributed by atoms with Gasteiger partial charge in [-0.1, -0.05) is 54.6 Å². The van der Waals surface area contributed by atoms with Crippen LogP contribution in [0.4, 0.5) is 10.5 Å². The predicted molar refractivity (Wildman–Crippen MR) is 128 cm³/mol. The van der Waals surface area contributed by atoms with Crippen LogP contribution in [-0.4, -0.2) is 55.5 Å². The van der Waals surface area contributed by atoms with Gasteiger partial charge in [0.1, 0.15) is 18.8 Å². The quantitative estimate of drug-likeness (QED) is 0.553. The number of nitrogens with one attached hydrogen (secondary N) is 1. The first-order valence-electron chi connectivity index (χ1n) is 11.3. The van der Waals surface area contributed by atoms with E-state index in [1.807, 2.05) is 48.5 Å². The van der Waals surface area contributed by atoms with E-state index in [4.69, 9.17) is 9.47 Å². The molecule has 1 heterocycles. The van der Waals surface area contributed by atoms with Crippen LogP contribution in [-0.2, 0) is 14.3 Å². The first-order valence-corrected chi connectivity index (χ1v) is 11.3. The first kappa shape index (κ1) is 22.6. The van der Waals surface area contributed by atoms with Crippen LogP contribution in [0, 0.1) is 0 Å². The Morgan fingerprint density at radius 3 is 2.31 bits per heavy atom. The number of esters is 1. The molecule has 2 amide bonds. The van der Waals surface area contributed by atoms with Gasteiger partial charge in [0.25, 0.3) is 5.91 Å². The SMILES string of the molecule is COC(=O)c1cccc(N2C[C@@H](O)[C@H](NC(=O)OCC3c4ccccc4-c4ccccc43)C2=O)c1. The molecule has 1 aliphatic heterocycles. The van der Waals surface area contributed by atoms with Crippen LogP contribution in [0.5, 0.6) is 0 Å². The minimum Gasteiger partial charge on any atom is -0.465 e. The summed E-state index contributed by atoms with van der Waals surface area (Å²) in [5.41, 5.74) is 5.09. The number of aliphatic hydroxyl groups excluding tert-OH is 1. The number of aliphatic hydroxyl groups is 1. The molecule has 0 unspecified atom stereocenters. The van der Waals surface area contributed by atoms with Gasteiger partial charge in [-0.2, -0.15) is 0 Å². The molecule has 3 aromatic rings. The molecule has 1 aliphatic carbocycles. The van der Waals surface area contributed by atoms with Gasteiger partial charge in [0, 0.05) is 11.6 Å². The number of hydrogen-bond acceptors (Lipinski definition) is 6. The fraction of sp³-hybridized carbons (Fsp3) is 0.222. The lowest BCUT2D eigenvalue weighted by molar-refractivity contribution is -0.119. The van der Waals surface area contributed by atoms with E-state index < -0.39 is 30.1 Å². The molecule has 0 saturated carbocycles. The van der Waals surface area contributed by atoms with Gasteiger partial charge < -0.3 is 24.8 Å². The number of carbonyl (C=O) groups excluding carboxylic acids is 3. The molecule has 3 aromatic carbocycles. The Balaban J connectivity index is 1.26. The van der Waals surface area contributed by atoms with Gasteiger partial charge in [0.15, 0.2) is 0 Å². The van der Waals surface area contributed by atoms with Crippen molar-refractivity contribution < 1.29 is 29.0 Å². The normalized spacial score (nSPS) is 18.7. The number of carbonyl (C=O) groups is 3. The van der Waals surface area contributed by atoms with E-state index in [2.05, 4.69) is 5.32 Å². The third kappa shape index (κ3) is 4.13. The highest BCUT2D eigenvalue weighted by Gasteiger charge is 2.42. The van der Waals surface area contributed by atoms with Gasteiger partial charge in [0.2, 0.25) is 0 Å². The fourth-order valence-corrected chi connectivity index (χ4v) is 4.79. The predicted octanol–water partition coefficient (Wildman–Crippen LogP) is 3.09. The molecule has 1 fully saturated rings. The van der Waals surface area contributed by atoms with E-state index in [1.165, 1.54) is 18.1 Å². The summed E-state index contributed by atoms with van der Waals surface area (Å²) in [6.07, 6.45) is -1.92. The number of amides is 2. The Hall–Kier alpha value is -4.17. The summed E-state index contributed by atoms with van der Waals surface area (Å²) in [7, 11) is 1.27. The van der Waals surface area contributed by atoms with E-state index >= 15 is 0 Å². The van der Waals surface area contributed by atoms with Crippen molar-refractivity contribution in [3.63, 3.8) is 0 Å². The smallest absolute Gasteiger partial charge is 0.407 e. The van der Waals surface area contributed by atoms with E-state index in [0.29, 0.717) is 5.69 Å². The minimum absolute atomic E-state index is 0.0300. The van der Waals surface area contributed by atoms with Gasteiger partial charge in [0.05, 0.1) is 19.2 Å². The molecule has 178 valence electrons. The summed E-state index contributed by atoms with van der Waals surface area (Å²) in [6.45, 7) is 0.0690.